The Bertz CT molecular complexity index is 155. The topological polar surface area (TPSA) is 15.3 Å². The SMILES string of the molecule is CSCCNC1CN2CCC1CC2. The molecule has 2 bridgehead atoms. The molecule has 1 unspecified atom stereocenters. The van der Waals surface area contributed by atoms with Gasteiger partial charge in [-0.25, -0.2) is 0 Å². The standard InChI is InChI=1S/C10H20N2S/c1-13-7-4-11-10-8-12-5-2-9(10)3-6-12/h9-11H,2-8H2,1H3. The van der Waals surface area contributed by atoms with Crippen LogP contribution in [0.15, 0.2) is 0 Å². The molecule has 3 aliphatic rings. The molecule has 0 saturated carbocycles. The first-order valence-corrected chi connectivity index (χ1v) is 6.74. The fraction of sp³-hybridized carbons (Fsp3) is 1.00. The monoisotopic (exact) mass is 200 g/mol. The van der Waals surface area contributed by atoms with E-state index in [1.807, 2.05) is 11.8 Å². The van der Waals surface area contributed by atoms with Crippen LogP contribution in [0, 0.1) is 5.92 Å². The largest absolute Gasteiger partial charge is 0.312 e. The minimum atomic E-state index is 0.801. The molecule has 0 aromatic carbocycles. The average Bonchev–Trinajstić information content (AvgIpc) is 2.20. The van der Waals surface area contributed by atoms with E-state index in [0.717, 1.165) is 12.0 Å². The van der Waals surface area contributed by atoms with Crippen LogP contribution in [0.2, 0.25) is 0 Å². The molecule has 3 fully saturated rings. The van der Waals surface area contributed by atoms with Crippen LogP contribution in [0.5, 0.6) is 0 Å². The highest BCUT2D eigenvalue weighted by atomic mass is 32.2. The van der Waals surface area contributed by atoms with Crippen molar-refractivity contribution in [3.8, 4) is 0 Å². The first kappa shape index (κ1) is 9.81. The summed E-state index contributed by atoms with van der Waals surface area (Å²) in [4.78, 5) is 2.61. The lowest BCUT2D eigenvalue weighted by Crippen LogP contribution is -2.56. The second-order valence-corrected chi connectivity index (χ2v) is 5.18. The summed E-state index contributed by atoms with van der Waals surface area (Å²) < 4.78 is 0. The van der Waals surface area contributed by atoms with Crippen molar-refractivity contribution >= 4 is 11.8 Å². The van der Waals surface area contributed by atoms with E-state index in [0.29, 0.717) is 0 Å². The van der Waals surface area contributed by atoms with Crippen LogP contribution in [0.3, 0.4) is 0 Å². The lowest BCUT2D eigenvalue weighted by Gasteiger charge is -2.45. The van der Waals surface area contributed by atoms with Crippen molar-refractivity contribution in [1.82, 2.24) is 10.2 Å². The van der Waals surface area contributed by atoms with Gasteiger partial charge in [-0.15, -0.1) is 0 Å². The van der Waals surface area contributed by atoms with Crippen molar-refractivity contribution in [2.24, 2.45) is 5.92 Å². The van der Waals surface area contributed by atoms with E-state index >= 15 is 0 Å². The highest BCUT2D eigenvalue weighted by Crippen LogP contribution is 2.27. The number of hydrogen-bond donors (Lipinski definition) is 1. The lowest BCUT2D eigenvalue weighted by atomic mass is 9.84. The molecule has 1 N–H and O–H groups in total. The smallest absolute Gasteiger partial charge is 0.0224 e. The lowest BCUT2D eigenvalue weighted by molar-refractivity contribution is 0.0738. The number of hydrogen-bond acceptors (Lipinski definition) is 3. The van der Waals surface area contributed by atoms with Gasteiger partial charge < -0.3 is 10.2 Å². The van der Waals surface area contributed by atoms with Crippen molar-refractivity contribution in [3.63, 3.8) is 0 Å². The Morgan fingerprint density at radius 3 is 2.69 bits per heavy atom. The Labute approximate surface area is 85.4 Å². The normalized spacial score (nSPS) is 38.1. The molecular formula is C10H20N2S. The number of piperidine rings is 3. The molecule has 3 saturated heterocycles. The predicted octanol–water partition coefficient (Wildman–Crippen LogP) is 1.03. The molecule has 1 atom stereocenters. The number of nitrogens with one attached hydrogen (secondary N) is 1. The third-order valence-corrected chi connectivity index (χ3v) is 3.98. The van der Waals surface area contributed by atoms with Crippen LogP contribution in [-0.4, -0.2) is 49.1 Å². The molecule has 0 radical (unpaired) electrons. The first-order valence-electron chi connectivity index (χ1n) is 5.35. The molecule has 0 amide bonds. The van der Waals surface area contributed by atoms with Crippen molar-refractivity contribution in [3.05, 3.63) is 0 Å². The van der Waals surface area contributed by atoms with E-state index in [4.69, 9.17) is 0 Å². The van der Waals surface area contributed by atoms with Gasteiger partial charge in [0.15, 0.2) is 0 Å². The summed E-state index contributed by atoms with van der Waals surface area (Å²) in [6, 6.07) is 0.801. The maximum absolute atomic E-state index is 3.69. The maximum atomic E-state index is 3.69. The fourth-order valence-corrected chi connectivity index (χ4v) is 2.86. The van der Waals surface area contributed by atoms with E-state index in [1.54, 1.807) is 0 Å². The number of nitrogens with zero attached hydrogens (tertiary/aromatic N) is 1. The Morgan fingerprint density at radius 2 is 2.15 bits per heavy atom. The van der Waals surface area contributed by atoms with Gasteiger partial charge in [0.25, 0.3) is 0 Å². The fourth-order valence-electron chi connectivity index (χ4n) is 2.54. The zero-order chi connectivity index (χ0) is 9.10. The van der Waals surface area contributed by atoms with Gasteiger partial charge in [-0.2, -0.15) is 11.8 Å². The van der Waals surface area contributed by atoms with Gasteiger partial charge in [0.1, 0.15) is 0 Å². The zero-order valence-electron chi connectivity index (χ0n) is 8.46. The molecule has 3 rings (SSSR count). The number of thioether (sulfide) groups is 1. The van der Waals surface area contributed by atoms with Crippen molar-refractivity contribution < 1.29 is 0 Å². The molecule has 2 nitrogen and oxygen atoms in total. The van der Waals surface area contributed by atoms with E-state index in [-0.39, 0.29) is 0 Å². The average molecular weight is 200 g/mol. The third-order valence-electron chi connectivity index (χ3n) is 3.37. The zero-order valence-corrected chi connectivity index (χ0v) is 9.28. The van der Waals surface area contributed by atoms with Crippen molar-refractivity contribution in [2.45, 2.75) is 18.9 Å². The summed E-state index contributed by atoms with van der Waals surface area (Å²) in [6.45, 7) is 5.20. The highest BCUT2D eigenvalue weighted by Gasteiger charge is 2.33. The van der Waals surface area contributed by atoms with Crippen LogP contribution in [0.1, 0.15) is 12.8 Å². The molecule has 76 valence electrons. The van der Waals surface area contributed by atoms with Crippen LogP contribution in [0.4, 0.5) is 0 Å². The molecular weight excluding hydrogens is 180 g/mol. The van der Waals surface area contributed by atoms with E-state index in [1.165, 1.54) is 44.8 Å². The summed E-state index contributed by atoms with van der Waals surface area (Å²) in [5.74, 6) is 2.23. The van der Waals surface area contributed by atoms with Gasteiger partial charge in [-0.1, -0.05) is 0 Å². The Morgan fingerprint density at radius 1 is 1.38 bits per heavy atom. The predicted molar refractivity (Wildman–Crippen MR) is 59.3 cm³/mol. The van der Waals surface area contributed by atoms with Gasteiger partial charge in [0, 0.05) is 24.9 Å². The Hall–Kier alpha value is 0.270. The summed E-state index contributed by atoms with van der Waals surface area (Å²) in [7, 11) is 0. The molecule has 0 spiro atoms. The van der Waals surface area contributed by atoms with Gasteiger partial charge in [-0.05, 0) is 38.1 Å². The van der Waals surface area contributed by atoms with Crippen molar-refractivity contribution in [2.75, 3.05) is 38.2 Å². The Kier molecular flexibility index (Phi) is 3.52. The second kappa shape index (κ2) is 4.67. The van der Waals surface area contributed by atoms with Gasteiger partial charge in [-0.3, -0.25) is 0 Å². The molecule has 0 aliphatic carbocycles. The number of fused-ring (bicyclic) bond motifs is 3. The number of rotatable bonds is 4. The van der Waals surface area contributed by atoms with E-state index < -0.39 is 0 Å². The van der Waals surface area contributed by atoms with Crippen LogP contribution < -0.4 is 5.32 Å². The van der Waals surface area contributed by atoms with Crippen LogP contribution in [-0.2, 0) is 0 Å². The molecule has 3 aliphatic heterocycles. The van der Waals surface area contributed by atoms with Gasteiger partial charge >= 0.3 is 0 Å². The van der Waals surface area contributed by atoms with E-state index in [2.05, 4.69) is 16.5 Å². The molecule has 3 heterocycles. The van der Waals surface area contributed by atoms with Crippen LogP contribution in [0.25, 0.3) is 0 Å². The summed E-state index contributed by atoms with van der Waals surface area (Å²) in [5, 5.41) is 3.69. The highest BCUT2D eigenvalue weighted by molar-refractivity contribution is 7.98. The summed E-state index contributed by atoms with van der Waals surface area (Å²) >= 11 is 1.93. The summed E-state index contributed by atoms with van der Waals surface area (Å²) in [6.07, 6.45) is 5.03. The molecule has 13 heavy (non-hydrogen) atoms. The third kappa shape index (κ3) is 2.39. The maximum Gasteiger partial charge on any atom is 0.0224 e. The molecule has 3 heteroatoms. The summed E-state index contributed by atoms with van der Waals surface area (Å²) in [5.41, 5.74) is 0. The minimum absolute atomic E-state index is 0.801. The molecule has 0 aromatic heterocycles. The van der Waals surface area contributed by atoms with Gasteiger partial charge in [0.05, 0.1) is 0 Å². The van der Waals surface area contributed by atoms with Crippen LogP contribution >= 0.6 is 11.8 Å². The second-order valence-electron chi connectivity index (χ2n) is 4.19. The van der Waals surface area contributed by atoms with E-state index in [9.17, 15) is 0 Å². The molecule has 0 aromatic rings. The van der Waals surface area contributed by atoms with Gasteiger partial charge in [0.2, 0.25) is 0 Å². The minimum Gasteiger partial charge on any atom is -0.312 e. The Balaban J connectivity index is 1.74. The first-order chi connectivity index (χ1) is 6.40. The quantitative estimate of drug-likeness (QED) is 0.683. The van der Waals surface area contributed by atoms with Crippen molar-refractivity contribution in [1.29, 1.82) is 0 Å².